The molecular formula is C26H37NO5S. The van der Waals surface area contributed by atoms with Crippen LogP contribution in [0.15, 0.2) is 34.8 Å². The molecule has 2 N–H and O–H groups in total. The molecule has 0 saturated heterocycles. The highest BCUT2D eigenvalue weighted by Gasteiger charge is 2.33. The van der Waals surface area contributed by atoms with Crippen LogP contribution in [-0.2, 0) is 14.3 Å². The van der Waals surface area contributed by atoms with Gasteiger partial charge >= 0.3 is 5.97 Å². The number of hydrogen-bond donors (Lipinski definition) is 2. The summed E-state index contributed by atoms with van der Waals surface area (Å²) in [6.07, 6.45) is 6.20. The van der Waals surface area contributed by atoms with Crippen LogP contribution in [-0.4, -0.2) is 45.3 Å². The van der Waals surface area contributed by atoms with Crippen molar-refractivity contribution in [3.05, 3.63) is 45.5 Å². The fourth-order valence-corrected chi connectivity index (χ4v) is 4.46. The predicted octanol–water partition coefficient (Wildman–Crippen LogP) is 4.65. The van der Waals surface area contributed by atoms with Crippen molar-refractivity contribution in [2.45, 2.75) is 79.1 Å². The molecule has 2 rings (SSSR count). The number of rotatable bonds is 2. The maximum atomic E-state index is 12.8. The van der Waals surface area contributed by atoms with E-state index in [1.165, 1.54) is 0 Å². The lowest BCUT2D eigenvalue weighted by atomic mass is 9.82. The maximum Gasteiger partial charge on any atom is 0.309 e. The average molecular weight is 476 g/mol. The monoisotopic (exact) mass is 475 g/mol. The Hall–Kier alpha value is -2.09. The van der Waals surface area contributed by atoms with E-state index in [4.69, 9.17) is 4.74 Å². The number of nitrogens with zero attached hydrogens (tertiary/aromatic N) is 1. The van der Waals surface area contributed by atoms with Gasteiger partial charge in [0.15, 0.2) is 0 Å². The first-order valence-corrected chi connectivity index (χ1v) is 12.4. The Balaban J connectivity index is 2.32. The second-order valence-electron chi connectivity index (χ2n) is 9.20. The summed E-state index contributed by atoms with van der Waals surface area (Å²) in [5.74, 6) is -2.36. The number of carbonyl (C=O) groups excluding carboxylic acids is 2. The van der Waals surface area contributed by atoms with Crippen molar-refractivity contribution in [3.63, 3.8) is 0 Å². The van der Waals surface area contributed by atoms with Crippen LogP contribution in [0.5, 0.6) is 0 Å². The molecule has 0 aliphatic carbocycles. The molecule has 182 valence electrons. The highest BCUT2D eigenvalue weighted by atomic mass is 32.1. The Kier molecular flexibility index (Phi) is 10.2. The number of Topliss-reactive ketones (excluding diaryl/α,β-unsaturated/α-hetero) is 1. The van der Waals surface area contributed by atoms with Crippen LogP contribution in [0.25, 0.3) is 6.08 Å². The summed E-state index contributed by atoms with van der Waals surface area (Å²) >= 11 is 1.55. The van der Waals surface area contributed by atoms with Gasteiger partial charge in [0.25, 0.3) is 0 Å². The first-order chi connectivity index (χ1) is 15.5. The second kappa shape index (κ2) is 12.4. The number of esters is 1. The van der Waals surface area contributed by atoms with Gasteiger partial charge in [0, 0.05) is 23.6 Å². The van der Waals surface area contributed by atoms with Gasteiger partial charge in [-0.1, -0.05) is 44.6 Å². The van der Waals surface area contributed by atoms with Crippen LogP contribution in [0.3, 0.4) is 0 Å². The summed E-state index contributed by atoms with van der Waals surface area (Å²) in [4.78, 5) is 29.9. The molecule has 6 nitrogen and oxygen atoms in total. The van der Waals surface area contributed by atoms with Gasteiger partial charge in [0.2, 0.25) is 0 Å². The number of aliphatic hydroxyl groups is 2. The molecule has 1 aromatic heterocycles. The van der Waals surface area contributed by atoms with Crippen molar-refractivity contribution < 1.29 is 24.5 Å². The van der Waals surface area contributed by atoms with Gasteiger partial charge in [-0.25, -0.2) is 4.98 Å². The van der Waals surface area contributed by atoms with E-state index < -0.39 is 36.1 Å². The van der Waals surface area contributed by atoms with Gasteiger partial charge in [-0.2, -0.15) is 0 Å². The minimum absolute atomic E-state index is 0.116. The van der Waals surface area contributed by atoms with Crippen molar-refractivity contribution in [2.24, 2.45) is 17.8 Å². The first-order valence-electron chi connectivity index (χ1n) is 11.5. The smallest absolute Gasteiger partial charge is 0.309 e. The number of hydrogen-bond acceptors (Lipinski definition) is 7. The van der Waals surface area contributed by atoms with Crippen LogP contribution < -0.4 is 0 Å². The molecule has 0 fully saturated rings. The SMILES string of the molecule is CC1=C\C[C@@H](/C(C)=C/c2csc(C)n2)OC(=O)C[C@H](O)C(C)C(=O)[C@H](C)[C@@H](O)[C@@H](C)C\C=C\1. The van der Waals surface area contributed by atoms with Crippen LogP contribution >= 0.6 is 11.3 Å². The minimum atomic E-state index is -1.17. The standard InChI is InChI=1S/C26H37NO5S/c1-15-8-7-9-16(2)25(30)19(5)26(31)18(4)22(28)13-24(29)32-23(11-10-15)17(3)12-21-14-33-20(6)27-21/h7-8,10,12,14,16,18-19,22-23,25,28,30H,9,11,13H2,1-6H3/b8-7+,15-10+,17-12+/t16-,18?,19+,22-,23-,25-/m0/s1. The van der Waals surface area contributed by atoms with Crippen molar-refractivity contribution >= 4 is 29.2 Å². The van der Waals surface area contributed by atoms with E-state index in [0.717, 1.165) is 21.8 Å². The highest BCUT2D eigenvalue weighted by Crippen LogP contribution is 2.24. The molecule has 33 heavy (non-hydrogen) atoms. The number of thiazole rings is 1. The second-order valence-corrected chi connectivity index (χ2v) is 10.3. The summed E-state index contributed by atoms with van der Waals surface area (Å²) in [5, 5.41) is 24.1. The Morgan fingerprint density at radius 1 is 1.15 bits per heavy atom. The third-order valence-corrected chi connectivity index (χ3v) is 7.07. The van der Waals surface area contributed by atoms with E-state index in [9.17, 15) is 19.8 Å². The number of aryl methyl sites for hydroxylation is 1. The van der Waals surface area contributed by atoms with E-state index in [-0.39, 0.29) is 18.1 Å². The molecule has 1 aliphatic rings. The van der Waals surface area contributed by atoms with Crippen LogP contribution in [0, 0.1) is 24.7 Å². The van der Waals surface area contributed by atoms with E-state index in [1.807, 2.05) is 57.4 Å². The number of carbonyl (C=O) groups is 2. The lowest BCUT2D eigenvalue weighted by Crippen LogP contribution is -2.38. The molecule has 0 amide bonds. The zero-order valence-electron chi connectivity index (χ0n) is 20.4. The molecule has 6 atom stereocenters. The largest absolute Gasteiger partial charge is 0.457 e. The normalized spacial score (nSPS) is 33.8. The molecular weight excluding hydrogens is 438 g/mol. The lowest BCUT2D eigenvalue weighted by Gasteiger charge is -2.27. The molecule has 1 unspecified atom stereocenters. The molecule has 0 aromatic carbocycles. The van der Waals surface area contributed by atoms with Crippen LogP contribution in [0.4, 0.5) is 0 Å². The van der Waals surface area contributed by atoms with Crippen molar-refractivity contribution in [3.8, 4) is 0 Å². The number of ether oxygens (including phenoxy) is 1. The number of allylic oxidation sites excluding steroid dienone is 3. The van der Waals surface area contributed by atoms with Gasteiger partial charge in [-0.3, -0.25) is 9.59 Å². The molecule has 1 aliphatic heterocycles. The van der Waals surface area contributed by atoms with Gasteiger partial charge in [0.1, 0.15) is 11.9 Å². The van der Waals surface area contributed by atoms with Crippen molar-refractivity contribution in [2.75, 3.05) is 0 Å². The number of cyclic esters (lactones) is 1. The van der Waals surface area contributed by atoms with Crippen molar-refractivity contribution in [1.82, 2.24) is 4.98 Å². The topological polar surface area (TPSA) is 96.7 Å². The molecule has 0 bridgehead atoms. The van der Waals surface area contributed by atoms with Crippen molar-refractivity contribution in [1.29, 1.82) is 0 Å². The highest BCUT2D eigenvalue weighted by molar-refractivity contribution is 7.09. The molecule has 0 saturated carbocycles. The quantitative estimate of drug-likeness (QED) is 0.604. The summed E-state index contributed by atoms with van der Waals surface area (Å²) in [6.45, 7) is 11.0. The summed E-state index contributed by atoms with van der Waals surface area (Å²) in [7, 11) is 0. The van der Waals surface area contributed by atoms with Gasteiger partial charge in [-0.05, 0) is 44.8 Å². The molecule has 1 aromatic rings. The molecule has 2 heterocycles. The minimum Gasteiger partial charge on any atom is -0.457 e. The lowest BCUT2D eigenvalue weighted by molar-refractivity contribution is -0.151. The summed E-state index contributed by atoms with van der Waals surface area (Å²) in [5.41, 5.74) is 2.69. The van der Waals surface area contributed by atoms with E-state index >= 15 is 0 Å². The average Bonchev–Trinajstić information content (AvgIpc) is 3.17. The van der Waals surface area contributed by atoms with Gasteiger partial charge < -0.3 is 14.9 Å². The molecule has 0 spiro atoms. The maximum absolute atomic E-state index is 12.8. The Bertz CT molecular complexity index is 916. The predicted molar refractivity (Wildman–Crippen MR) is 132 cm³/mol. The van der Waals surface area contributed by atoms with E-state index in [1.54, 1.807) is 25.2 Å². The Morgan fingerprint density at radius 3 is 2.48 bits per heavy atom. The zero-order valence-corrected chi connectivity index (χ0v) is 21.3. The summed E-state index contributed by atoms with van der Waals surface area (Å²) < 4.78 is 5.74. The number of aromatic nitrogens is 1. The van der Waals surface area contributed by atoms with Gasteiger partial charge in [-0.15, -0.1) is 11.3 Å². The fraction of sp³-hybridized carbons (Fsp3) is 0.577. The zero-order chi connectivity index (χ0) is 24.7. The van der Waals surface area contributed by atoms with E-state index in [0.29, 0.717) is 12.8 Å². The van der Waals surface area contributed by atoms with E-state index in [2.05, 4.69) is 4.98 Å². The number of ketones is 1. The third-order valence-electron chi connectivity index (χ3n) is 6.28. The third kappa shape index (κ3) is 8.02. The summed E-state index contributed by atoms with van der Waals surface area (Å²) in [6, 6.07) is 0. The molecule has 7 heteroatoms. The van der Waals surface area contributed by atoms with Crippen LogP contribution in [0.2, 0.25) is 0 Å². The first kappa shape index (κ1) is 27.2. The number of aliphatic hydroxyl groups excluding tert-OH is 2. The molecule has 0 radical (unpaired) electrons. The van der Waals surface area contributed by atoms with Gasteiger partial charge in [0.05, 0.1) is 29.3 Å². The Morgan fingerprint density at radius 2 is 1.85 bits per heavy atom. The fourth-order valence-electron chi connectivity index (χ4n) is 3.89. The Labute approximate surface area is 201 Å². The van der Waals surface area contributed by atoms with Crippen LogP contribution in [0.1, 0.15) is 64.6 Å².